The van der Waals surface area contributed by atoms with Gasteiger partial charge in [0.15, 0.2) is 0 Å². The third-order valence-electron chi connectivity index (χ3n) is 2.42. The van der Waals surface area contributed by atoms with Crippen LogP contribution in [-0.4, -0.2) is 17.7 Å². The van der Waals surface area contributed by atoms with Crippen LogP contribution in [0.25, 0.3) is 0 Å². The minimum atomic E-state index is -0.453. The van der Waals surface area contributed by atoms with Gasteiger partial charge in [-0.1, -0.05) is 13.3 Å². The Labute approximate surface area is 112 Å². The van der Waals surface area contributed by atoms with E-state index in [4.69, 9.17) is 27.9 Å². The fourth-order valence-electron chi connectivity index (χ4n) is 1.49. The second kappa shape index (κ2) is 7.57. The first-order valence-electron chi connectivity index (χ1n) is 5.70. The molecule has 0 unspecified atom stereocenters. The summed E-state index contributed by atoms with van der Waals surface area (Å²) in [5, 5.41) is -0.453. The van der Waals surface area contributed by atoms with Gasteiger partial charge in [0.05, 0.1) is 6.61 Å². The summed E-state index contributed by atoms with van der Waals surface area (Å²) in [7, 11) is 0. The number of rotatable bonds is 7. The van der Waals surface area contributed by atoms with Gasteiger partial charge in [0.25, 0.3) is 5.24 Å². The Morgan fingerprint density at radius 1 is 1.41 bits per heavy atom. The summed E-state index contributed by atoms with van der Waals surface area (Å²) in [6.07, 6.45) is 2.72. The summed E-state index contributed by atoms with van der Waals surface area (Å²) in [4.78, 5) is 11.2. The van der Waals surface area contributed by atoms with Gasteiger partial charge in [0.1, 0.15) is 5.75 Å². The van der Waals surface area contributed by atoms with Crippen molar-refractivity contribution in [1.29, 1.82) is 0 Å². The Morgan fingerprint density at radius 3 is 2.76 bits per heavy atom. The Balaban J connectivity index is 2.81. The lowest BCUT2D eigenvalue weighted by molar-refractivity contribution is 0.108. The molecule has 0 atom stereocenters. The maximum absolute atomic E-state index is 11.2. The smallest absolute Gasteiger partial charge is 0.252 e. The van der Waals surface area contributed by atoms with Crippen molar-refractivity contribution in [2.24, 2.45) is 0 Å². The van der Waals surface area contributed by atoms with Gasteiger partial charge in [0, 0.05) is 11.4 Å². The molecule has 0 aromatic heterocycles. The Kier molecular flexibility index (Phi) is 6.38. The van der Waals surface area contributed by atoms with Gasteiger partial charge in [-0.3, -0.25) is 4.79 Å². The van der Waals surface area contributed by atoms with E-state index >= 15 is 0 Å². The third kappa shape index (κ3) is 4.57. The molecule has 0 saturated heterocycles. The van der Waals surface area contributed by atoms with Crippen LogP contribution < -0.4 is 4.74 Å². The van der Waals surface area contributed by atoms with Crippen molar-refractivity contribution in [3.63, 3.8) is 0 Å². The summed E-state index contributed by atoms with van der Waals surface area (Å²) in [5.74, 6) is 1.22. The maximum Gasteiger partial charge on any atom is 0.252 e. The van der Waals surface area contributed by atoms with E-state index in [1.165, 1.54) is 0 Å². The van der Waals surface area contributed by atoms with Crippen LogP contribution in [-0.2, 0) is 6.42 Å². The molecule has 4 heteroatoms. The normalized spacial score (nSPS) is 10.3. The van der Waals surface area contributed by atoms with Gasteiger partial charge in [-0.15, -0.1) is 11.6 Å². The molecule has 0 saturated carbocycles. The van der Waals surface area contributed by atoms with E-state index in [1.54, 1.807) is 12.1 Å². The second-order valence-electron chi connectivity index (χ2n) is 3.73. The highest BCUT2D eigenvalue weighted by molar-refractivity contribution is 6.67. The van der Waals surface area contributed by atoms with Crippen LogP contribution in [0.3, 0.4) is 0 Å². The summed E-state index contributed by atoms with van der Waals surface area (Å²) in [6.45, 7) is 2.79. The zero-order valence-electron chi connectivity index (χ0n) is 9.84. The third-order valence-corrected chi connectivity index (χ3v) is 2.81. The van der Waals surface area contributed by atoms with Gasteiger partial charge < -0.3 is 4.74 Å². The summed E-state index contributed by atoms with van der Waals surface area (Å²) >= 11 is 11.2. The molecule has 0 amide bonds. The maximum atomic E-state index is 11.2. The van der Waals surface area contributed by atoms with E-state index < -0.39 is 5.24 Å². The number of carbonyl (C=O) groups is 1. The van der Waals surface area contributed by atoms with E-state index in [1.807, 2.05) is 6.07 Å². The molecule has 0 fully saturated rings. The largest absolute Gasteiger partial charge is 0.494 e. The molecule has 0 aliphatic heterocycles. The zero-order chi connectivity index (χ0) is 12.7. The number of benzene rings is 1. The molecule has 0 radical (unpaired) electrons. The van der Waals surface area contributed by atoms with Gasteiger partial charge in [-0.2, -0.15) is 0 Å². The molecule has 0 spiro atoms. The molecule has 2 nitrogen and oxygen atoms in total. The zero-order valence-corrected chi connectivity index (χ0v) is 11.4. The number of ether oxygens (including phenoxy) is 1. The van der Waals surface area contributed by atoms with Crippen molar-refractivity contribution >= 4 is 28.4 Å². The molecular weight excluding hydrogens is 259 g/mol. The quantitative estimate of drug-likeness (QED) is 0.426. The summed E-state index contributed by atoms with van der Waals surface area (Å²) < 4.78 is 5.57. The number of hydrogen-bond acceptors (Lipinski definition) is 2. The first kappa shape index (κ1) is 14.3. The SMILES string of the molecule is CCCCOc1ccc(C(=O)Cl)c(CCCl)c1. The summed E-state index contributed by atoms with van der Waals surface area (Å²) in [5.41, 5.74) is 1.35. The average molecular weight is 275 g/mol. The van der Waals surface area contributed by atoms with Crippen LogP contribution in [0.2, 0.25) is 0 Å². The van der Waals surface area contributed by atoms with Gasteiger partial charge in [-0.25, -0.2) is 0 Å². The topological polar surface area (TPSA) is 26.3 Å². The van der Waals surface area contributed by atoms with Crippen molar-refractivity contribution in [3.8, 4) is 5.75 Å². The van der Waals surface area contributed by atoms with E-state index in [0.29, 0.717) is 24.5 Å². The van der Waals surface area contributed by atoms with E-state index in [9.17, 15) is 4.79 Å². The van der Waals surface area contributed by atoms with Crippen LogP contribution in [0.1, 0.15) is 35.7 Å². The second-order valence-corrected chi connectivity index (χ2v) is 4.45. The van der Waals surface area contributed by atoms with Crippen LogP contribution >= 0.6 is 23.2 Å². The highest BCUT2D eigenvalue weighted by atomic mass is 35.5. The van der Waals surface area contributed by atoms with Crippen LogP contribution in [0, 0.1) is 0 Å². The van der Waals surface area contributed by atoms with Crippen LogP contribution in [0.5, 0.6) is 5.75 Å². The van der Waals surface area contributed by atoms with Crippen molar-refractivity contribution in [1.82, 2.24) is 0 Å². The molecule has 0 aliphatic rings. The minimum Gasteiger partial charge on any atom is -0.494 e. The van der Waals surface area contributed by atoms with Crippen LogP contribution in [0.4, 0.5) is 0 Å². The molecule has 94 valence electrons. The van der Waals surface area contributed by atoms with E-state index in [0.717, 1.165) is 24.2 Å². The number of unbranched alkanes of at least 4 members (excludes halogenated alkanes) is 1. The lowest BCUT2D eigenvalue weighted by Gasteiger charge is -2.09. The van der Waals surface area contributed by atoms with Gasteiger partial charge in [-0.05, 0) is 48.2 Å². The summed E-state index contributed by atoms with van der Waals surface area (Å²) in [6, 6.07) is 5.30. The lowest BCUT2D eigenvalue weighted by Crippen LogP contribution is -2.02. The monoisotopic (exact) mass is 274 g/mol. The van der Waals surface area contributed by atoms with Gasteiger partial charge >= 0.3 is 0 Å². The Hall–Kier alpha value is -0.730. The fourth-order valence-corrected chi connectivity index (χ4v) is 1.88. The van der Waals surface area contributed by atoms with E-state index in [-0.39, 0.29) is 0 Å². The molecule has 1 aromatic carbocycles. The molecule has 1 aromatic rings. The standard InChI is InChI=1S/C13H16Cl2O2/c1-2-3-8-17-11-4-5-12(13(15)16)10(9-11)6-7-14/h4-5,9H,2-3,6-8H2,1H3. The van der Waals surface area contributed by atoms with Crippen molar-refractivity contribution in [2.75, 3.05) is 12.5 Å². The van der Waals surface area contributed by atoms with Crippen molar-refractivity contribution < 1.29 is 9.53 Å². The van der Waals surface area contributed by atoms with Crippen molar-refractivity contribution in [2.45, 2.75) is 26.2 Å². The van der Waals surface area contributed by atoms with Gasteiger partial charge in [0.2, 0.25) is 0 Å². The number of hydrogen-bond donors (Lipinski definition) is 0. The Bertz CT molecular complexity index is 378. The predicted molar refractivity (Wildman–Crippen MR) is 71.5 cm³/mol. The molecular formula is C13H16Cl2O2. The highest BCUT2D eigenvalue weighted by Gasteiger charge is 2.09. The van der Waals surface area contributed by atoms with Crippen molar-refractivity contribution in [3.05, 3.63) is 29.3 Å². The minimum absolute atomic E-state index is 0.453. The first-order chi connectivity index (χ1) is 8.19. The Morgan fingerprint density at radius 2 is 2.18 bits per heavy atom. The number of halogens is 2. The molecule has 17 heavy (non-hydrogen) atoms. The predicted octanol–water partition coefficient (Wildman–Crippen LogP) is 4.03. The molecule has 0 heterocycles. The lowest BCUT2D eigenvalue weighted by atomic mass is 10.1. The van der Waals surface area contributed by atoms with Crippen LogP contribution in [0.15, 0.2) is 18.2 Å². The molecule has 0 bridgehead atoms. The number of carbonyl (C=O) groups excluding carboxylic acids is 1. The number of aryl methyl sites for hydroxylation is 1. The molecule has 0 aliphatic carbocycles. The first-order valence-corrected chi connectivity index (χ1v) is 6.61. The number of alkyl halides is 1. The highest BCUT2D eigenvalue weighted by Crippen LogP contribution is 2.20. The fraction of sp³-hybridized carbons (Fsp3) is 0.462. The molecule has 1 rings (SSSR count). The average Bonchev–Trinajstić information content (AvgIpc) is 2.30. The van der Waals surface area contributed by atoms with E-state index in [2.05, 4.69) is 6.92 Å². The molecule has 0 N–H and O–H groups in total.